The fourth-order valence-corrected chi connectivity index (χ4v) is 3.18. The van der Waals surface area contributed by atoms with Crippen molar-refractivity contribution in [1.29, 1.82) is 0 Å². The van der Waals surface area contributed by atoms with Crippen LogP contribution in [0, 0.1) is 0 Å². The van der Waals surface area contributed by atoms with E-state index in [2.05, 4.69) is 78.9 Å². The number of benzene rings is 2. The Morgan fingerprint density at radius 1 is 0.560 bits per heavy atom. The summed E-state index contributed by atoms with van der Waals surface area (Å²) in [5, 5.41) is 0. The average molecular weight is 362 g/mol. The second-order valence-corrected chi connectivity index (χ2v) is 5.83. The number of fused-ring (bicyclic) bond motifs is 3. The van der Waals surface area contributed by atoms with E-state index in [0.29, 0.717) is 0 Å². The van der Waals surface area contributed by atoms with Gasteiger partial charge < -0.3 is 0 Å². The molecule has 0 aromatic heterocycles. The molecule has 0 spiro atoms. The third-order valence-corrected chi connectivity index (χ3v) is 4.28. The van der Waals surface area contributed by atoms with Crippen LogP contribution in [0.4, 0.5) is 0 Å². The summed E-state index contributed by atoms with van der Waals surface area (Å²) in [6, 6.07) is 35.8. The van der Waals surface area contributed by atoms with Gasteiger partial charge in [0.15, 0.2) is 0 Å². The fourth-order valence-electron chi connectivity index (χ4n) is 3.18. The van der Waals surface area contributed by atoms with Crippen LogP contribution < -0.4 is 0 Å². The maximum atomic E-state index is 2.28. The van der Waals surface area contributed by atoms with Crippen LogP contribution >= 0.6 is 0 Å². The molecular weight excluding hydrogens is 344 g/mol. The predicted molar refractivity (Wildman–Crippen MR) is 103 cm³/mol. The van der Waals surface area contributed by atoms with Gasteiger partial charge in [-0.3, -0.25) is 0 Å². The molecule has 0 fully saturated rings. The zero-order valence-electron chi connectivity index (χ0n) is 13.7. The van der Waals surface area contributed by atoms with Gasteiger partial charge in [-0.1, -0.05) is 54.1 Å². The van der Waals surface area contributed by atoms with Gasteiger partial charge in [0, 0.05) is 0 Å². The van der Waals surface area contributed by atoms with Crippen LogP contribution in [0.1, 0.15) is 16.7 Å². The minimum absolute atomic E-state index is 0. The van der Waals surface area contributed by atoms with Crippen molar-refractivity contribution in [2.45, 2.75) is 0 Å². The largest absolute Gasteiger partial charge is 2.00 e. The Morgan fingerprint density at radius 3 is 1.56 bits per heavy atom. The zero-order valence-corrected chi connectivity index (χ0v) is 14.9. The molecule has 0 heterocycles. The van der Waals surface area contributed by atoms with Gasteiger partial charge in [0.1, 0.15) is 0 Å². The summed E-state index contributed by atoms with van der Waals surface area (Å²) in [7, 11) is 0. The van der Waals surface area contributed by atoms with Gasteiger partial charge in [0.25, 0.3) is 0 Å². The molecule has 0 radical (unpaired) electrons. The van der Waals surface area contributed by atoms with Crippen molar-refractivity contribution in [3.05, 3.63) is 120 Å². The maximum absolute atomic E-state index is 2.28. The molecule has 0 saturated carbocycles. The molecule has 5 rings (SSSR count). The topological polar surface area (TPSA) is 0 Å². The summed E-state index contributed by atoms with van der Waals surface area (Å²) in [5.74, 6) is 0. The Labute approximate surface area is 159 Å². The Kier molecular flexibility index (Phi) is 5.50. The van der Waals surface area contributed by atoms with Crippen molar-refractivity contribution in [1.82, 2.24) is 0 Å². The summed E-state index contributed by atoms with van der Waals surface area (Å²) >= 11 is 0. The molecule has 25 heavy (non-hydrogen) atoms. The average Bonchev–Trinajstić information content (AvgIpc) is 3.39. The molecule has 0 unspecified atom stereocenters. The molecule has 0 bridgehead atoms. The molecule has 0 N–H and O–H groups in total. The van der Waals surface area contributed by atoms with Crippen molar-refractivity contribution < 1.29 is 17.1 Å². The molecule has 1 aliphatic rings. The minimum Gasteiger partial charge on any atom is -0.214 e. The van der Waals surface area contributed by atoms with Crippen LogP contribution in [-0.2, 0) is 17.1 Å². The zero-order chi connectivity index (χ0) is 16.2. The predicted octanol–water partition coefficient (Wildman–Crippen LogP) is 6.38. The third-order valence-electron chi connectivity index (χ3n) is 4.28. The first-order chi connectivity index (χ1) is 11.9. The van der Waals surface area contributed by atoms with Gasteiger partial charge in [-0.2, -0.15) is 42.0 Å². The van der Waals surface area contributed by atoms with Gasteiger partial charge in [0.05, 0.1) is 0 Å². The SMILES string of the molecule is C(=C1c2ccccc2-c2ccccc21)c1ccc[cH-]1.[Fe+2].c1cc[cH-]c1. The van der Waals surface area contributed by atoms with E-state index in [-0.39, 0.29) is 17.1 Å². The Bertz CT molecular complexity index is 877. The number of hydrogen-bond acceptors (Lipinski definition) is 0. The van der Waals surface area contributed by atoms with Crippen LogP contribution in [-0.4, -0.2) is 0 Å². The molecular formula is C24H18Fe. The van der Waals surface area contributed by atoms with Crippen molar-refractivity contribution in [2.75, 3.05) is 0 Å². The summed E-state index contributed by atoms with van der Waals surface area (Å²) in [6.45, 7) is 0. The van der Waals surface area contributed by atoms with E-state index in [1.165, 1.54) is 33.4 Å². The van der Waals surface area contributed by atoms with Gasteiger partial charge in [-0.15, -0.1) is 12.1 Å². The first-order valence-electron chi connectivity index (χ1n) is 8.23. The van der Waals surface area contributed by atoms with Crippen LogP contribution in [0.2, 0.25) is 0 Å². The molecule has 0 saturated heterocycles. The molecule has 4 aromatic rings. The summed E-state index contributed by atoms with van der Waals surface area (Å²) in [4.78, 5) is 0. The van der Waals surface area contributed by atoms with Crippen molar-refractivity contribution in [3.63, 3.8) is 0 Å². The molecule has 0 aliphatic heterocycles. The van der Waals surface area contributed by atoms with Crippen LogP contribution in [0.3, 0.4) is 0 Å². The quantitative estimate of drug-likeness (QED) is 0.240. The molecule has 1 heteroatoms. The molecule has 1 aliphatic carbocycles. The second kappa shape index (κ2) is 7.98. The van der Waals surface area contributed by atoms with Crippen LogP contribution in [0.15, 0.2) is 103 Å². The smallest absolute Gasteiger partial charge is 0.214 e. The molecule has 0 amide bonds. The minimum atomic E-state index is 0. The standard InChI is InChI=1S/C19H13.C5H5.Fe/c1-2-8-14(7-1)13-19-17-11-5-3-9-15(17)16-10-4-6-12-18(16)19;1-2-4-5-3-1;/h1-13H;1-5H;/q2*-1;+2. The summed E-state index contributed by atoms with van der Waals surface area (Å²) in [6.07, 6.45) is 2.28. The molecule has 0 atom stereocenters. The van der Waals surface area contributed by atoms with Crippen molar-refractivity contribution in [2.24, 2.45) is 0 Å². The van der Waals surface area contributed by atoms with Crippen molar-refractivity contribution >= 4 is 11.6 Å². The first kappa shape index (κ1) is 17.2. The van der Waals surface area contributed by atoms with Crippen LogP contribution in [0.5, 0.6) is 0 Å². The van der Waals surface area contributed by atoms with Crippen LogP contribution in [0.25, 0.3) is 22.8 Å². The Hall–Kier alpha value is -2.60. The van der Waals surface area contributed by atoms with Gasteiger partial charge in [-0.05, 0) is 22.3 Å². The van der Waals surface area contributed by atoms with Gasteiger partial charge in [0.2, 0.25) is 0 Å². The van der Waals surface area contributed by atoms with E-state index < -0.39 is 0 Å². The Morgan fingerprint density at radius 2 is 1.12 bits per heavy atom. The van der Waals surface area contributed by atoms with E-state index in [4.69, 9.17) is 0 Å². The summed E-state index contributed by atoms with van der Waals surface area (Å²) in [5.41, 5.74) is 7.96. The van der Waals surface area contributed by atoms with E-state index in [0.717, 1.165) is 0 Å². The van der Waals surface area contributed by atoms with E-state index in [1.807, 2.05) is 30.3 Å². The van der Waals surface area contributed by atoms with E-state index >= 15 is 0 Å². The second-order valence-electron chi connectivity index (χ2n) is 5.83. The molecule has 122 valence electrons. The fraction of sp³-hybridized carbons (Fsp3) is 0. The molecule has 0 nitrogen and oxygen atoms in total. The van der Waals surface area contributed by atoms with Gasteiger partial charge in [-0.25, -0.2) is 12.1 Å². The summed E-state index contributed by atoms with van der Waals surface area (Å²) < 4.78 is 0. The van der Waals surface area contributed by atoms with Gasteiger partial charge >= 0.3 is 17.1 Å². The van der Waals surface area contributed by atoms with E-state index in [9.17, 15) is 0 Å². The third kappa shape index (κ3) is 3.58. The monoisotopic (exact) mass is 362 g/mol. The number of rotatable bonds is 1. The molecule has 4 aromatic carbocycles. The first-order valence-corrected chi connectivity index (χ1v) is 8.23. The maximum Gasteiger partial charge on any atom is 2.00 e. The number of hydrogen-bond donors (Lipinski definition) is 0. The normalized spacial score (nSPS) is 10.8. The van der Waals surface area contributed by atoms with E-state index in [1.54, 1.807) is 0 Å². The Balaban J connectivity index is 0.000000264. The van der Waals surface area contributed by atoms with Crippen molar-refractivity contribution in [3.8, 4) is 11.1 Å².